The molecule has 0 unspecified atom stereocenters. The van der Waals surface area contributed by atoms with Crippen LogP contribution < -0.4 is 0 Å². The first kappa shape index (κ1) is 12.0. The number of halogens is 3. The van der Waals surface area contributed by atoms with Crippen LogP contribution in [0.4, 0.5) is 13.2 Å². The first-order valence-corrected chi connectivity index (χ1v) is 5.39. The van der Waals surface area contributed by atoms with Crippen LogP contribution in [0.25, 0.3) is 22.3 Å². The van der Waals surface area contributed by atoms with E-state index in [1.807, 2.05) is 0 Å². The highest BCUT2D eigenvalue weighted by Gasteiger charge is 2.18. The second kappa shape index (κ2) is 4.45. The van der Waals surface area contributed by atoms with Gasteiger partial charge in [-0.15, -0.1) is 0 Å². The molecule has 0 aliphatic heterocycles. The molecule has 17 heavy (non-hydrogen) atoms. The maximum absolute atomic E-state index is 10.2. The molecule has 0 heterocycles. The van der Waals surface area contributed by atoms with E-state index in [0.717, 1.165) is 0 Å². The number of fused-ring (bicyclic) bond motifs is 1. The number of alkyl halides is 3. The van der Waals surface area contributed by atoms with Gasteiger partial charge in [-0.05, 0) is 28.3 Å². The third-order valence-corrected chi connectivity index (χ3v) is 2.33. The molecule has 0 nitrogen and oxygen atoms in total. The van der Waals surface area contributed by atoms with Crippen molar-refractivity contribution >= 4 is 12.6 Å². The highest BCUT2D eigenvalue weighted by Crippen LogP contribution is 2.43. The van der Waals surface area contributed by atoms with Crippen LogP contribution in [0.1, 0.15) is 0 Å². The van der Waals surface area contributed by atoms with Crippen LogP contribution in [0, 0.1) is 0 Å². The van der Waals surface area contributed by atoms with Crippen LogP contribution >= 0.6 is 12.6 Å². The maximum atomic E-state index is 10.2. The summed E-state index contributed by atoms with van der Waals surface area (Å²) in [5.41, 5.74) is 1.24. The molecule has 0 amide bonds. The summed E-state index contributed by atoms with van der Waals surface area (Å²) < 4.78 is 30.7. The topological polar surface area (TPSA) is 0 Å². The van der Waals surface area contributed by atoms with E-state index in [1.165, 1.54) is 22.3 Å². The Hall–Kier alpha value is -1.42. The van der Waals surface area contributed by atoms with Gasteiger partial charge in [-0.25, -0.2) is 0 Å². The minimum Gasteiger partial charge on any atom is -0.161 e. The zero-order chi connectivity index (χ0) is 12.5. The van der Waals surface area contributed by atoms with Crippen LogP contribution in [0.15, 0.2) is 48.5 Å². The molecule has 88 valence electrons. The predicted molar refractivity (Wildman–Crippen MR) is 65.9 cm³/mol. The van der Waals surface area contributed by atoms with E-state index < -0.39 is 5.51 Å². The van der Waals surface area contributed by atoms with Gasteiger partial charge in [0.25, 0.3) is 0 Å². The van der Waals surface area contributed by atoms with Gasteiger partial charge in [0.2, 0.25) is 0 Å². The SMILES string of the molecule is FC(F)(F)S.c1ccc(-c2ccc3cc2-3)cc1. The van der Waals surface area contributed by atoms with Crippen molar-refractivity contribution in [1.82, 2.24) is 0 Å². The Morgan fingerprint density at radius 2 is 1.35 bits per heavy atom. The number of thiol groups is 1. The van der Waals surface area contributed by atoms with Gasteiger partial charge in [0.05, 0.1) is 0 Å². The molecule has 2 aliphatic rings. The minimum absolute atomic E-state index is 1.33. The van der Waals surface area contributed by atoms with Crippen LogP contribution in [0.3, 0.4) is 0 Å². The number of benzene rings is 2. The van der Waals surface area contributed by atoms with E-state index in [0.29, 0.717) is 0 Å². The average Bonchev–Trinajstić information content (AvgIpc) is 2.89. The van der Waals surface area contributed by atoms with Gasteiger partial charge in [0.15, 0.2) is 0 Å². The summed E-state index contributed by atoms with van der Waals surface area (Å²) >= 11 is 2.12. The van der Waals surface area contributed by atoms with E-state index in [1.54, 1.807) is 0 Å². The third kappa shape index (κ3) is 3.53. The lowest BCUT2D eigenvalue weighted by atomic mass is 10.1. The molecule has 0 bridgehead atoms. The number of hydrogen-bond donors (Lipinski definition) is 1. The van der Waals surface area contributed by atoms with Crippen LogP contribution in [0.5, 0.6) is 0 Å². The van der Waals surface area contributed by atoms with E-state index in [9.17, 15) is 13.2 Å². The van der Waals surface area contributed by atoms with E-state index in [2.05, 4.69) is 61.2 Å². The Labute approximate surface area is 103 Å². The summed E-state index contributed by atoms with van der Waals surface area (Å²) in [6.45, 7) is 0. The molecular weight excluding hydrogens is 245 g/mol. The van der Waals surface area contributed by atoms with Crippen LogP contribution in [0.2, 0.25) is 0 Å². The fourth-order valence-corrected chi connectivity index (χ4v) is 1.62. The molecule has 0 fully saturated rings. The van der Waals surface area contributed by atoms with Crippen molar-refractivity contribution in [3.05, 3.63) is 48.5 Å². The van der Waals surface area contributed by atoms with Crippen molar-refractivity contribution in [3.63, 3.8) is 0 Å². The van der Waals surface area contributed by atoms with Gasteiger partial charge in [0.1, 0.15) is 0 Å². The summed E-state index contributed by atoms with van der Waals surface area (Å²) in [5.74, 6) is 0. The van der Waals surface area contributed by atoms with E-state index in [4.69, 9.17) is 0 Å². The average molecular weight is 254 g/mol. The van der Waals surface area contributed by atoms with E-state index in [-0.39, 0.29) is 0 Å². The Balaban J connectivity index is 0.000000188. The summed E-state index contributed by atoms with van der Waals surface area (Å²) in [6.07, 6.45) is 0. The standard InChI is InChI=1S/C12H8.CHF3S/c1-2-4-9(5-3-1)11-7-6-10-8-12(10)11;2-1(3,4)5/h1-8H;5H. The fraction of sp³-hybridized carbons (Fsp3) is 0.0769. The van der Waals surface area contributed by atoms with Gasteiger partial charge < -0.3 is 0 Å². The molecule has 0 N–H and O–H groups in total. The van der Waals surface area contributed by atoms with Crippen molar-refractivity contribution in [3.8, 4) is 22.3 Å². The van der Waals surface area contributed by atoms with Crippen molar-refractivity contribution in [2.75, 3.05) is 0 Å². The van der Waals surface area contributed by atoms with Crippen LogP contribution in [-0.2, 0) is 0 Å². The van der Waals surface area contributed by atoms with Crippen molar-refractivity contribution in [2.45, 2.75) is 5.51 Å². The third-order valence-electron chi connectivity index (χ3n) is 2.33. The first-order chi connectivity index (χ1) is 7.95. The van der Waals surface area contributed by atoms with Gasteiger partial charge in [-0.2, -0.15) is 13.2 Å². The lowest BCUT2D eigenvalue weighted by Gasteiger charge is -1.95. The van der Waals surface area contributed by atoms with Gasteiger partial charge in [-0.3, -0.25) is 0 Å². The highest BCUT2D eigenvalue weighted by atomic mass is 32.1. The predicted octanol–water partition coefficient (Wildman–Crippen LogP) is 4.77. The van der Waals surface area contributed by atoms with Crippen molar-refractivity contribution in [1.29, 1.82) is 0 Å². The Morgan fingerprint density at radius 3 is 1.76 bits per heavy atom. The fourth-order valence-electron chi connectivity index (χ4n) is 1.62. The monoisotopic (exact) mass is 254 g/mol. The lowest BCUT2D eigenvalue weighted by Crippen LogP contribution is -1.89. The largest absolute Gasteiger partial charge is 0.438 e. The molecule has 4 heteroatoms. The molecule has 2 aliphatic carbocycles. The Morgan fingerprint density at radius 1 is 0.765 bits per heavy atom. The highest BCUT2D eigenvalue weighted by molar-refractivity contribution is 7.81. The summed E-state index contributed by atoms with van der Waals surface area (Å²) in [7, 11) is 0. The Bertz CT molecular complexity index is 512. The normalized spacial score (nSPS) is 11.5. The van der Waals surface area contributed by atoms with Gasteiger partial charge >= 0.3 is 5.51 Å². The first-order valence-electron chi connectivity index (χ1n) is 4.94. The lowest BCUT2D eigenvalue weighted by molar-refractivity contribution is -0.0303. The molecule has 0 saturated carbocycles. The summed E-state index contributed by atoms with van der Waals surface area (Å²) in [4.78, 5) is 0. The molecule has 0 radical (unpaired) electrons. The maximum Gasteiger partial charge on any atom is 0.438 e. The molecular formula is C13H9F3S. The number of rotatable bonds is 1. The van der Waals surface area contributed by atoms with Crippen molar-refractivity contribution < 1.29 is 13.2 Å². The van der Waals surface area contributed by atoms with Crippen molar-refractivity contribution in [2.24, 2.45) is 0 Å². The molecule has 0 saturated heterocycles. The molecule has 0 atom stereocenters. The number of hydrogen-bond acceptors (Lipinski definition) is 1. The quantitative estimate of drug-likeness (QED) is 0.594. The smallest absolute Gasteiger partial charge is 0.161 e. The summed E-state index contributed by atoms with van der Waals surface area (Å²) in [6, 6.07) is 17.1. The zero-order valence-electron chi connectivity index (χ0n) is 8.70. The second-order valence-corrected chi connectivity index (χ2v) is 4.10. The molecule has 1 aromatic rings. The van der Waals surface area contributed by atoms with Crippen LogP contribution in [-0.4, -0.2) is 5.51 Å². The van der Waals surface area contributed by atoms with Gasteiger partial charge in [-0.1, -0.05) is 55.1 Å². The summed E-state index contributed by atoms with van der Waals surface area (Å²) in [5, 5.41) is 0. The Kier molecular flexibility index (Phi) is 3.15. The van der Waals surface area contributed by atoms with E-state index >= 15 is 0 Å². The molecule has 1 aromatic carbocycles. The van der Waals surface area contributed by atoms with Gasteiger partial charge in [0, 0.05) is 0 Å². The molecule has 0 spiro atoms. The zero-order valence-corrected chi connectivity index (χ0v) is 9.59. The molecule has 3 rings (SSSR count). The minimum atomic E-state index is -4.31. The molecule has 0 aromatic heterocycles. The second-order valence-electron chi connectivity index (χ2n) is 3.59.